The molecule has 0 bridgehead atoms. The lowest BCUT2D eigenvalue weighted by Crippen LogP contribution is -2.33. The highest BCUT2D eigenvalue weighted by Crippen LogP contribution is 2.17. The molecule has 116 valence electrons. The number of fused-ring (bicyclic) bond motifs is 1. The molecule has 0 fully saturated rings. The van der Waals surface area contributed by atoms with Crippen LogP contribution in [-0.4, -0.2) is 47.2 Å². The Kier molecular flexibility index (Phi) is 5.64. The molecule has 0 spiro atoms. The number of benzene rings is 1. The second-order valence-electron chi connectivity index (χ2n) is 4.97. The molecule has 0 aliphatic carbocycles. The molecule has 1 aromatic carbocycles. The van der Waals surface area contributed by atoms with Gasteiger partial charge in [-0.25, -0.2) is 13.8 Å². The smallest absolute Gasteiger partial charge is 0.161 e. The molecule has 2 rings (SSSR count). The van der Waals surface area contributed by atoms with E-state index in [1.54, 1.807) is 6.33 Å². The first-order chi connectivity index (χ1) is 10.2. The fourth-order valence-electron chi connectivity index (χ4n) is 2.33. The van der Waals surface area contributed by atoms with Crippen LogP contribution in [0.15, 0.2) is 18.5 Å². The van der Waals surface area contributed by atoms with Gasteiger partial charge in [-0.05, 0) is 13.1 Å². The zero-order chi connectivity index (χ0) is 15.2. The maximum absolute atomic E-state index is 13.3. The highest BCUT2D eigenvalue weighted by molar-refractivity contribution is 5.75. The molecular weight excluding hydrogens is 274 g/mol. The number of halogens is 2. The van der Waals surface area contributed by atoms with Gasteiger partial charge < -0.3 is 14.8 Å². The van der Waals surface area contributed by atoms with E-state index in [0.717, 1.165) is 38.8 Å². The molecular formula is C15H22F2N4. The lowest BCUT2D eigenvalue weighted by Gasteiger charge is -2.18. The third kappa shape index (κ3) is 3.98. The van der Waals surface area contributed by atoms with Crippen molar-refractivity contribution in [2.45, 2.75) is 20.4 Å². The Labute approximate surface area is 123 Å². The van der Waals surface area contributed by atoms with Gasteiger partial charge in [0, 0.05) is 38.3 Å². The van der Waals surface area contributed by atoms with E-state index in [2.05, 4.69) is 29.0 Å². The van der Waals surface area contributed by atoms with Gasteiger partial charge in [-0.3, -0.25) is 0 Å². The predicted octanol–water partition coefficient (Wildman–Crippen LogP) is 2.25. The van der Waals surface area contributed by atoms with Gasteiger partial charge in [-0.15, -0.1) is 0 Å². The average Bonchev–Trinajstić information content (AvgIpc) is 2.86. The van der Waals surface area contributed by atoms with Crippen molar-refractivity contribution in [3.05, 3.63) is 30.1 Å². The number of nitrogens with one attached hydrogen (secondary N) is 1. The third-order valence-corrected chi connectivity index (χ3v) is 3.69. The van der Waals surface area contributed by atoms with Crippen molar-refractivity contribution >= 4 is 11.0 Å². The molecule has 0 unspecified atom stereocenters. The summed E-state index contributed by atoms with van der Waals surface area (Å²) in [6.45, 7) is 9.77. The fourth-order valence-corrected chi connectivity index (χ4v) is 2.33. The summed E-state index contributed by atoms with van der Waals surface area (Å²) in [5.41, 5.74) is 1.11. The van der Waals surface area contributed by atoms with E-state index in [1.165, 1.54) is 6.07 Å². The van der Waals surface area contributed by atoms with Crippen molar-refractivity contribution in [3.63, 3.8) is 0 Å². The van der Waals surface area contributed by atoms with Crippen LogP contribution in [0.5, 0.6) is 0 Å². The van der Waals surface area contributed by atoms with Gasteiger partial charge in [0.15, 0.2) is 11.6 Å². The Hall–Kier alpha value is -1.53. The summed E-state index contributed by atoms with van der Waals surface area (Å²) in [5, 5.41) is 3.36. The largest absolute Gasteiger partial charge is 0.329 e. The summed E-state index contributed by atoms with van der Waals surface area (Å²) in [6, 6.07) is 2.34. The number of likely N-dealkylation sites (N-methyl/N-ethyl adjacent to an activating group) is 1. The highest BCUT2D eigenvalue weighted by Gasteiger charge is 2.08. The summed E-state index contributed by atoms with van der Waals surface area (Å²) in [4.78, 5) is 6.44. The highest BCUT2D eigenvalue weighted by atomic mass is 19.2. The topological polar surface area (TPSA) is 33.1 Å². The van der Waals surface area contributed by atoms with E-state index in [9.17, 15) is 8.78 Å². The second kappa shape index (κ2) is 7.47. The van der Waals surface area contributed by atoms with Gasteiger partial charge in [0.25, 0.3) is 0 Å². The minimum absolute atomic E-state index is 0.483. The summed E-state index contributed by atoms with van der Waals surface area (Å²) in [7, 11) is 0. The van der Waals surface area contributed by atoms with Crippen LogP contribution in [0.4, 0.5) is 8.78 Å². The number of hydrogen-bond donors (Lipinski definition) is 1. The molecule has 2 aromatic rings. The van der Waals surface area contributed by atoms with Crippen molar-refractivity contribution in [1.82, 2.24) is 19.8 Å². The standard InChI is InChI=1S/C15H22F2N4/c1-3-20(4-2)7-5-18-6-8-21-11-19-14-9-12(16)13(17)10-15(14)21/h9-11,18H,3-8H2,1-2H3. The molecule has 1 heterocycles. The third-order valence-electron chi connectivity index (χ3n) is 3.69. The molecule has 0 aliphatic heterocycles. The first-order valence-electron chi connectivity index (χ1n) is 7.38. The number of nitrogens with zero attached hydrogens (tertiary/aromatic N) is 3. The molecule has 0 amide bonds. The van der Waals surface area contributed by atoms with Gasteiger partial charge in [0.05, 0.1) is 17.4 Å². The Morgan fingerprint density at radius 1 is 1.14 bits per heavy atom. The van der Waals surface area contributed by atoms with Gasteiger partial charge in [0.1, 0.15) is 0 Å². The van der Waals surface area contributed by atoms with E-state index in [0.29, 0.717) is 17.6 Å². The van der Waals surface area contributed by atoms with E-state index >= 15 is 0 Å². The molecule has 4 nitrogen and oxygen atoms in total. The van der Waals surface area contributed by atoms with Gasteiger partial charge >= 0.3 is 0 Å². The van der Waals surface area contributed by atoms with Crippen LogP contribution in [0.3, 0.4) is 0 Å². The maximum Gasteiger partial charge on any atom is 0.161 e. The van der Waals surface area contributed by atoms with Crippen LogP contribution in [-0.2, 0) is 6.54 Å². The van der Waals surface area contributed by atoms with Gasteiger partial charge in [-0.2, -0.15) is 0 Å². The van der Waals surface area contributed by atoms with Crippen LogP contribution in [0.2, 0.25) is 0 Å². The zero-order valence-corrected chi connectivity index (χ0v) is 12.6. The lowest BCUT2D eigenvalue weighted by atomic mass is 10.3. The van der Waals surface area contributed by atoms with Crippen molar-refractivity contribution in [3.8, 4) is 0 Å². The van der Waals surface area contributed by atoms with Crippen molar-refractivity contribution in [1.29, 1.82) is 0 Å². The monoisotopic (exact) mass is 296 g/mol. The Morgan fingerprint density at radius 3 is 2.57 bits per heavy atom. The molecule has 0 saturated heterocycles. The molecule has 0 atom stereocenters. The summed E-state index contributed by atoms with van der Waals surface area (Å²) in [6.07, 6.45) is 1.62. The van der Waals surface area contributed by atoms with E-state index in [1.807, 2.05) is 4.57 Å². The van der Waals surface area contributed by atoms with Crippen LogP contribution >= 0.6 is 0 Å². The van der Waals surface area contributed by atoms with Gasteiger partial charge in [-0.1, -0.05) is 13.8 Å². The SMILES string of the molecule is CCN(CC)CCNCCn1cnc2cc(F)c(F)cc21. The zero-order valence-electron chi connectivity index (χ0n) is 12.6. The quantitative estimate of drug-likeness (QED) is 0.759. The number of rotatable bonds is 8. The van der Waals surface area contributed by atoms with Crippen LogP contribution in [0.25, 0.3) is 11.0 Å². The molecule has 21 heavy (non-hydrogen) atoms. The Balaban J connectivity index is 1.85. The van der Waals surface area contributed by atoms with E-state index in [4.69, 9.17) is 0 Å². The summed E-state index contributed by atoms with van der Waals surface area (Å²) in [5.74, 6) is -1.69. The second-order valence-corrected chi connectivity index (χ2v) is 4.97. The Morgan fingerprint density at radius 2 is 1.86 bits per heavy atom. The first kappa shape index (κ1) is 15.9. The maximum atomic E-state index is 13.3. The predicted molar refractivity (Wildman–Crippen MR) is 80.3 cm³/mol. The fraction of sp³-hybridized carbons (Fsp3) is 0.533. The summed E-state index contributed by atoms with van der Waals surface area (Å²) >= 11 is 0. The van der Waals surface area contributed by atoms with Crippen molar-refractivity contribution < 1.29 is 8.78 Å². The molecule has 1 aromatic heterocycles. The molecule has 6 heteroatoms. The molecule has 0 saturated carbocycles. The normalized spacial score (nSPS) is 11.7. The molecule has 1 N–H and O–H groups in total. The average molecular weight is 296 g/mol. The van der Waals surface area contributed by atoms with Gasteiger partial charge in [0.2, 0.25) is 0 Å². The van der Waals surface area contributed by atoms with Crippen LogP contribution in [0, 0.1) is 11.6 Å². The van der Waals surface area contributed by atoms with Crippen molar-refractivity contribution in [2.75, 3.05) is 32.7 Å². The Bertz CT molecular complexity index is 578. The van der Waals surface area contributed by atoms with E-state index < -0.39 is 11.6 Å². The van der Waals surface area contributed by atoms with E-state index in [-0.39, 0.29) is 0 Å². The minimum atomic E-state index is -0.856. The first-order valence-corrected chi connectivity index (χ1v) is 7.38. The van der Waals surface area contributed by atoms with Crippen molar-refractivity contribution in [2.24, 2.45) is 0 Å². The minimum Gasteiger partial charge on any atom is -0.329 e. The van der Waals surface area contributed by atoms with Crippen LogP contribution in [0.1, 0.15) is 13.8 Å². The summed E-state index contributed by atoms with van der Waals surface area (Å²) < 4.78 is 28.2. The molecule has 0 radical (unpaired) electrons. The number of aromatic nitrogens is 2. The number of hydrogen-bond acceptors (Lipinski definition) is 3. The van der Waals surface area contributed by atoms with Crippen LogP contribution < -0.4 is 5.32 Å². The number of imidazole rings is 1. The lowest BCUT2D eigenvalue weighted by molar-refractivity contribution is 0.302. The molecule has 0 aliphatic rings.